The highest BCUT2D eigenvalue weighted by Gasteiger charge is 2.31. The molecule has 0 aromatic heterocycles. The molecule has 2 aromatic rings. The van der Waals surface area contributed by atoms with Crippen molar-refractivity contribution in [1.82, 2.24) is 0 Å². The lowest BCUT2D eigenvalue weighted by Gasteiger charge is -2.28. The molecule has 0 saturated carbocycles. The predicted molar refractivity (Wildman–Crippen MR) is 101 cm³/mol. The molecule has 1 aliphatic rings. The Hall–Kier alpha value is -2.62. The Morgan fingerprint density at radius 3 is 2.20 bits per heavy atom. The van der Waals surface area contributed by atoms with Crippen LogP contribution >= 0.6 is 0 Å². The van der Waals surface area contributed by atoms with Crippen molar-refractivity contribution < 1.29 is 9.59 Å². The van der Waals surface area contributed by atoms with Crippen LogP contribution in [-0.2, 0) is 9.59 Å². The van der Waals surface area contributed by atoms with Gasteiger partial charge in [-0.1, -0.05) is 51.1 Å². The second-order valence-electron chi connectivity index (χ2n) is 7.38. The van der Waals surface area contributed by atoms with Crippen molar-refractivity contribution in [3.05, 3.63) is 54.6 Å². The maximum Gasteiger partial charge on any atom is 0.229 e. The molecule has 0 radical (unpaired) electrons. The SMILES string of the molecule is CC(C)(C)C(=O)CN1C(=O)CCN(c2ccccc2)c2ccccc21. The molecule has 4 heteroatoms. The number of ketones is 1. The van der Waals surface area contributed by atoms with Crippen LogP contribution in [0.3, 0.4) is 0 Å². The van der Waals surface area contributed by atoms with Gasteiger partial charge in [0.1, 0.15) is 0 Å². The molecule has 0 spiro atoms. The molecule has 0 saturated heterocycles. The van der Waals surface area contributed by atoms with E-state index in [0.29, 0.717) is 13.0 Å². The van der Waals surface area contributed by atoms with Crippen LogP contribution in [0.1, 0.15) is 27.2 Å². The Balaban J connectivity index is 2.03. The molecular weight excluding hydrogens is 312 g/mol. The van der Waals surface area contributed by atoms with Gasteiger partial charge in [0.05, 0.1) is 17.9 Å². The summed E-state index contributed by atoms with van der Waals surface area (Å²) in [7, 11) is 0. The minimum Gasteiger partial charge on any atom is -0.339 e. The molecule has 1 amide bonds. The predicted octanol–water partition coefficient (Wildman–Crippen LogP) is 4.18. The quantitative estimate of drug-likeness (QED) is 0.844. The minimum atomic E-state index is -0.472. The highest BCUT2D eigenvalue weighted by Crippen LogP contribution is 2.37. The fourth-order valence-corrected chi connectivity index (χ4v) is 2.95. The van der Waals surface area contributed by atoms with Crippen LogP contribution in [0.15, 0.2) is 54.6 Å². The number of Topliss-reactive ketones (excluding diaryl/α,β-unsaturated/α-hetero) is 1. The number of nitrogens with zero attached hydrogens (tertiary/aromatic N) is 2. The molecule has 0 aliphatic carbocycles. The largest absolute Gasteiger partial charge is 0.339 e. The van der Waals surface area contributed by atoms with Crippen molar-refractivity contribution in [2.24, 2.45) is 5.41 Å². The van der Waals surface area contributed by atoms with Crippen LogP contribution in [-0.4, -0.2) is 24.8 Å². The molecule has 3 rings (SSSR count). The molecule has 2 aromatic carbocycles. The number of para-hydroxylation sites is 3. The molecule has 0 atom stereocenters. The summed E-state index contributed by atoms with van der Waals surface area (Å²) in [5, 5.41) is 0. The van der Waals surface area contributed by atoms with Crippen LogP contribution in [0.2, 0.25) is 0 Å². The lowest BCUT2D eigenvalue weighted by atomic mass is 9.90. The van der Waals surface area contributed by atoms with Gasteiger partial charge in [-0.25, -0.2) is 0 Å². The summed E-state index contributed by atoms with van der Waals surface area (Å²) < 4.78 is 0. The molecule has 25 heavy (non-hydrogen) atoms. The molecule has 0 fully saturated rings. The summed E-state index contributed by atoms with van der Waals surface area (Å²) in [6, 6.07) is 17.8. The first-order chi connectivity index (χ1) is 11.9. The van der Waals surface area contributed by atoms with Gasteiger partial charge >= 0.3 is 0 Å². The highest BCUT2D eigenvalue weighted by atomic mass is 16.2. The third-order valence-electron chi connectivity index (χ3n) is 4.52. The van der Waals surface area contributed by atoms with E-state index in [4.69, 9.17) is 0 Å². The maximum atomic E-state index is 12.8. The van der Waals surface area contributed by atoms with E-state index in [1.807, 2.05) is 75.4 Å². The van der Waals surface area contributed by atoms with Gasteiger partial charge < -0.3 is 9.80 Å². The van der Waals surface area contributed by atoms with Gasteiger partial charge in [0.25, 0.3) is 0 Å². The maximum absolute atomic E-state index is 12.8. The average molecular weight is 336 g/mol. The Morgan fingerprint density at radius 2 is 1.56 bits per heavy atom. The third kappa shape index (κ3) is 3.58. The van der Waals surface area contributed by atoms with Crippen molar-refractivity contribution in [2.75, 3.05) is 22.9 Å². The van der Waals surface area contributed by atoms with Crippen LogP contribution in [0.25, 0.3) is 0 Å². The van der Waals surface area contributed by atoms with Crippen molar-refractivity contribution >= 4 is 28.8 Å². The van der Waals surface area contributed by atoms with Crippen molar-refractivity contribution in [3.8, 4) is 0 Å². The first-order valence-corrected chi connectivity index (χ1v) is 8.63. The van der Waals surface area contributed by atoms with Gasteiger partial charge in [0.2, 0.25) is 5.91 Å². The third-order valence-corrected chi connectivity index (χ3v) is 4.52. The fourth-order valence-electron chi connectivity index (χ4n) is 2.95. The number of hydrogen-bond acceptors (Lipinski definition) is 3. The molecule has 1 heterocycles. The van der Waals surface area contributed by atoms with E-state index in [1.54, 1.807) is 4.90 Å². The molecule has 0 N–H and O–H groups in total. The number of fused-ring (bicyclic) bond motifs is 1. The monoisotopic (exact) mass is 336 g/mol. The number of benzene rings is 2. The van der Waals surface area contributed by atoms with E-state index in [-0.39, 0.29) is 18.2 Å². The van der Waals surface area contributed by atoms with Gasteiger partial charge in [-0.2, -0.15) is 0 Å². The van der Waals surface area contributed by atoms with Crippen molar-refractivity contribution in [1.29, 1.82) is 0 Å². The van der Waals surface area contributed by atoms with Crippen LogP contribution in [0, 0.1) is 5.41 Å². The fraction of sp³-hybridized carbons (Fsp3) is 0.333. The zero-order valence-electron chi connectivity index (χ0n) is 15.0. The minimum absolute atomic E-state index is 0.0107. The van der Waals surface area contributed by atoms with Gasteiger partial charge in [0, 0.05) is 24.1 Å². The second-order valence-corrected chi connectivity index (χ2v) is 7.38. The van der Waals surface area contributed by atoms with E-state index in [9.17, 15) is 9.59 Å². The molecule has 1 aliphatic heterocycles. The van der Waals surface area contributed by atoms with E-state index < -0.39 is 5.41 Å². The van der Waals surface area contributed by atoms with Crippen LogP contribution in [0.5, 0.6) is 0 Å². The summed E-state index contributed by atoms with van der Waals surface area (Å²) in [4.78, 5) is 29.1. The summed E-state index contributed by atoms with van der Waals surface area (Å²) in [6.07, 6.45) is 0.376. The lowest BCUT2D eigenvalue weighted by Crippen LogP contribution is -2.39. The zero-order valence-corrected chi connectivity index (χ0v) is 15.0. The normalized spacial score (nSPS) is 14.9. The van der Waals surface area contributed by atoms with E-state index in [2.05, 4.69) is 4.90 Å². The standard InChI is InChI=1S/C21H24N2O2/c1-21(2,3)19(24)15-23-18-12-8-7-11-17(18)22(14-13-20(23)25)16-9-5-4-6-10-16/h4-12H,13-15H2,1-3H3. The van der Waals surface area contributed by atoms with E-state index >= 15 is 0 Å². The summed E-state index contributed by atoms with van der Waals surface area (Å²) in [6.45, 7) is 6.38. The first kappa shape index (κ1) is 17.2. The molecule has 130 valence electrons. The zero-order chi connectivity index (χ0) is 18.0. The van der Waals surface area contributed by atoms with E-state index in [0.717, 1.165) is 17.1 Å². The molecular formula is C21H24N2O2. The summed E-state index contributed by atoms with van der Waals surface area (Å²) >= 11 is 0. The molecule has 4 nitrogen and oxygen atoms in total. The average Bonchev–Trinajstić information content (AvgIpc) is 2.73. The van der Waals surface area contributed by atoms with Gasteiger partial charge in [-0.15, -0.1) is 0 Å². The van der Waals surface area contributed by atoms with Gasteiger partial charge in [0.15, 0.2) is 5.78 Å². The Morgan fingerprint density at radius 1 is 0.960 bits per heavy atom. The first-order valence-electron chi connectivity index (χ1n) is 8.63. The lowest BCUT2D eigenvalue weighted by molar-refractivity contribution is -0.127. The van der Waals surface area contributed by atoms with Crippen molar-refractivity contribution in [2.45, 2.75) is 27.2 Å². The number of carbonyl (C=O) groups is 2. The summed E-state index contributed by atoms with van der Waals surface area (Å²) in [5.74, 6) is 0.0484. The topological polar surface area (TPSA) is 40.6 Å². The smallest absolute Gasteiger partial charge is 0.229 e. The van der Waals surface area contributed by atoms with Crippen molar-refractivity contribution in [3.63, 3.8) is 0 Å². The summed E-state index contributed by atoms with van der Waals surface area (Å²) in [5.41, 5.74) is 2.33. The highest BCUT2D eigenvalue weighted by molar-refractivity contribution is 6.04. The van der Waals surface area contributed by atoms with E-state index in [1.165, 1.54) is 0 Å². The Labute approximate surface area is 149 Å². The number of amides is 1. The number of rotatable bonds is 3. The number of anilines is 3. The Bertz CT molecular complexity index is 778. The van der Waals surface area contributed by atoms with Gasteiger partial charge in [-0.3, -0.25) is 9.59 Å². The van der Waals surface area contributed by atoms with Crippen LogP contribution < -0.4 is 9.80 Å². The number of carbonyl (C=O) groups excluding carboxylic acids is 2. The molecule has 0 bridgehead atoms. The Kier molecular flexibility index (Phi) is 4.62. The second kappa shape index (κ2) is 6.71. The molecule has 0 unspecified atom stereocenters. The number of hydrogen-bond donors (Lipinski definition) is 0. The van der Waals surface area contributed by atoms with Crippen LogP contribution in [0.4, 0.5) is 17.1 Å². The van der Waals surface area contributed by atoms with Gasteiger partial charge in [-0.05, 0) is 24.3 Å².